The Labute approximate surface area is 256 Å². The Morgan fingerprint density at radius 2 is 1.25 bits per heavy atom. The Bertz CT molecular complexity index is 1390. The van der Waals surface area contributed by atoms with E-state index in [4.69, 9.17) is 4.74 Å². The third-order valence-corrected chi connectivity index (χ3v) is 8.17. The molecule has 5 rings (SSSR count). The van der Waals surface area contributed by atoms with Gasteiger partial charge in [0.15, 0.2) is 0 Å². The lowest BCUT2D eigenvalue weighted by molar-refractivity contribution is -0.137. The van der Waals surface area contributed by atoms with Crippen molar-refractivity contribution < 1.29 is 27.5 Å². The summed E-state index contributed by atoms with van der Waals surface area (Å²) in [5, 5.41) is 2.95. The number of halogens is 3. The number of hydrogen-bond acceptors (Lipinski definition) is 5. The van der Waals surface area contributed by atoms with E-state index in [-0.39, 0.29) is 11.9 Å². The summed E-state index contributed by atoms with van der Waals surface area (Å²) in [4.78, 5) is 34.2. The minimum absolute atomic E-state index is 0.0766. The van der Waals surface area contributed by atoms with Crippen LogP contribution in [0.25, 0.3) is 0 Å². The number of nitrogens with zero attached hydrogens (tertiary/aromatic N) is 4. The highest BCUT2D eigenvalue weighted by molar-refractivity contribution is 5.95. The van der Waals surface area contributed by atoms with Gasteiger partial charge in [0.2, 0.25) is 0 Å². The minimum Gasteiger partial charge on any atom is -0.497 e. The third kappa shape index (κ3) is 8.29. The Morgan fingerprint density at radius 1 is 0.705 bits per heavy atom. The standard InChI is InChI=1S/C33H38F3N5O3/c1-44-30-13-5-26(6-14-30)24-39-18-21-41(22-19-39)32(43)37-29-11-7-27(8-12-29)31(42)40-16-2-15-38(17-20-40)23-25-3-9-28(10-4-25)33(34,35)36/h3-14H,2,15-24H2,1H3,(H,37,43). The first kappa shape index (κ1) is 31.3. The highest BCUT2D eigenvalue weighted by atomic mass is 19.4. The molecule has 0 atom stereocenters. The van der Waals surface area contributed by atoms with Crippen LogP contribution in [0.15, 0.2) is 72.8 Å². The number of piperazine rings is 1. The van der Waals surface area contributed by atoms with Crippen LogP contribution in [0, 0.1) is 0 Å². The van der Waals surface area contributed by atoms with Gasteiger partial charge in [0.05, 0.1) is 12.7 Å². The van der Waals surface area contributed by atoms with E-state index in [2.05, 4.69) is 27.2 Å². The average Bonchev–Trinajstić information content (AvgIpc) is 3.27. The van der Waals surface area contributed by atoms with Crippen LogP contribution in [0.2, 0.25) is 0 Å². The fourth-order valence-electron chi connectivity index (χ4n) is 5.57. The number of benzene rings is 3. The highest BCUT2D eigenvalue weighted by Crippen LogP contribution is 2.29. The van der Waals surface area contributed by atoms with Gasteiger partial charge in [-0.05, 0) is 66.1 Å². The molecule has 3 amide bonds. The summed E-state index contributed by atoms with van der Waals surface area (Å²) in [6, 6.07) is 20.1. The molecule has 234 valence electrons. The molecule has 3 aromatic carbocycles. The second-order valence-electron chi connectivity index (χ2n) is 11.2. The molecule has 0 bridgehead atoms. The molecule has 2 aliphatic rings. The maximum absolute atomic E-state index is 13.2. The molecule has 2 aliphatic heterocycles. The lowest BCUT2D eigenvalue weighted by Crippen LogP contribution is -2.49. The molecule has 0 aromatic heterocycles. The number of amides is 3. The maximum atomic E-state index is 13.2. The van der Waals surface area contributed by atoms with Crippen LogP contribution >= 0.6 is 0 Å². The number of carbonyl (C=O) groups excluding carboxylic acids is 2. The lowest BCUT2D eigenvalue weighted by Gasteiger charge is -2.34. The Kier molecular flexibility index (Phi) is 10.1. The maximum Gasteiger partial charge on any atom is 0.416 e. The molecule has 2 heterocycles. The van der Waals surface area contributed by atoms with Gasteiger partial charge in [-0.15, -0.1) is 0 Å². The van der Waals surface area contributed by atoms with Gasteiger partial charge in [0.25, 0.3) is 5.91 Å². The normalized spacial score (nSPS) is 16.8. The molecule has 2 fully saturated rings. The van der Waals surface area contributed by atoms with Crippen molar-refractivity contribution in [3.63, 3.8) is 0 Å². The van der Waals surface area contributed by atoms with Gasteiger partial charge in [-0.2, -0.15) is 13.2 Å². The zero-order valence-corrected chi connectivity index (χ0v) is 24.9. The van der Waals surface area contributed by atoms with E-state index in [1.165, 1.54) is 17.7 Å². The first-order valence-electron chi connectivity index (χ1n) is 14.9. The van der Waals surface area contributed by atoms with Crippen LogP contribution in [-0.2, 0) is 19.3 Å². The fourth-order valence-corrected chi connectivity index (χ4v) is 5.57. The zero-order chi connectivity index (χ0) is 31.1. The van der Waals surface area contributed by atoms with Gasteiger partial charge in [0, 0.05) is 76.7 Å². The van der Waals surface area contributed by atoms with Gasteiger partial charge in [0.1, 0.15) is 5.75 Å². The van der Waals surface area contributed by atoms with Crippen molar-refractivity contribution in [2.24, 2.45) is 0 Å². The van der Waals surface area contributed by atoms with E-state index in [1.54, 1.807) is 36.3 Å². The molecule has 0 spiro atoms. The quantitative estimate of drug-likeness (QED) is 0.388. The minimum atomic E-state index is -4.35. The molecule has 3 aromatic rings. The topological polar surface area (TPSA) is 68.4 Å². The van der Waals surface area contributed by atoms with E-state index < -0.39 is 11.7 Å². The summed E-state index contributed by atoms with van der Waals surface area (Å²) in [6.07, 6.45) is -3.57. The van der Waals surface area contributed by atoms with Crippen molar-refractivity contribution in [3.05, 3.63) is 95.1 Å². The smallest absolute Gasteiger partial charge is 0.416 e. The number of hydrogen-bond donors (Lipinski definition) is 1. The van der Waals surface area contributed by atoms with Gasteiger partial charge < -0.3 is 19.9 Å². The van der Waals surface area contributed by atoms with Crippen molar-refractivity contribution in [1.82, 2.24) is 19.6 Å². The molecule has 44 heavy (non-hydrogen) atoms. The van der Waals surface area contributed by atoms with Crippen LogP contribution in [0.4, 0.5) is 23.7 Å². The Hall–Kier alpha value is -4.09. The summed E-state index contributed by atoms with van der Waals surface area (Å²) < 4.78 is 43.8. The first-order chi connectivity index (χ1) is 21.2. The number of nitrogens with one attached hydrogen (secondary N) is 1. The molecule has 1 N–H and O–H groups in total. The van der Waals surface area contributed by atoms with E-state index in [9.17, 15) is 22.8 Å². The van der Waals surface area contributed by atoms with E-state index >= 15 is 0 Å². The second-order valence-corrected chi connectivity index (χ2v) is 11.2. The Morgan fingerprint density at radius 3 is 1.82 bits per heavy atom. The highest BCUT2D eigenvalue weighted by Gasteiger charge is 2.30. The zero-order valence-electron chi connectivity index (χ0n) is 24.9. The largest absolute Gasteiger partial charge is 0.497 e. The van der Waals surface area contributed by atoms with Crippen LogP contribution < -0.4 is 10.1 Å². The van der Waals surface area contributed by atoms with E-state index in [1.807, 2.05) is 17.0 Å². The fraction of sp³-hybridized carbons (Fsp3) is 0.394. The molecule has 0 saturated carbocycles. The van der Waals surface area contributed by atoms with Crippen LogP contribution in [0.5, 0.6) is 5.75 Å². The summed E-state index contributed by atoms with van der Waals surface area (Å²) in [5.74, 6) is 0.755. The molecule has 8 nitrogen and oxygen atoms in total. The third-order valence-electron chi connectivity index (χ3n) is 8.17. The van der Waals surface area contributed by atoms with Crippen molar-refractivity contribution in [3.8, 4) is 5.75 Å². The van der Waals surface area contributed by atoms with Crippen molar-refractivity contribution >= 4 is 17.6 Å². The van der Waals surface area contributed by atoms with Gasteiger partial charge in [-0.25, -0.2) is 4.79 Å². The summed E-state index contributed by atoms with van der Waals surface area (Å²) in [7, 11) is 1.65. The summed E-state index contributed by atoms with van der Waals surface area (Å²) >= 11 is 0. The van der Waals surface area contributed by atoms with E-state index in [0.29, 0.717) is 50.5 Å². The van der Waals surface area contributed by atoms with Crippen LogP contribution in [0.3, 0.4) is 0 Å². The molecule has 0 radical (unpaired) electrons. The number of carbonyl (C=O) groups is 2. The first-order valence-corrected chi connectivity index (χ1v) is 14.9. The predicted molar refractivity (Wildman–Crippen MR) is 163 cm³/mol. The number of urea groups is 1. The van der Waals surface area contributed by atoms with Gasteiger partial charge in [-0.3, -0.25) is 14.6 Å². The number of alkyl halides is 3. The van der Waals surface area contributed by atoms with Gasteiger partial charge in [-0.1, -0.05) is 24.3 Å². The second kappa shape index (κ2) is 14.1. The lowest BCUT2D eigenvalue weighted by atomic mass is 10.1. The molecule has 0 unspecified atom stereocenters. The van der Waals surface area contributed by atoms with Crippen molar-refractivity contribution in [2.75, 3.05) is 64.8 Å². The molecule has 0 aliphatic carbocycles. The molecule has 11 heteroatoms. The summed E-state index contributed by atoms with van der Waals surface area (Å²) in [5.41, 5.74) is 2.54. The number of methoxy groups -OCH3 is 1. The summed E-state index contributed by atoms with van der Waals surface area (Å²) in [6.45, 7) is 6.70. The van der Waals surface area contributed by atoms with Crippen LogP contribution in [0.1, 0.15) is 33.5 Å². The average molecular weight is 610 g/mol. The number of anilines is 1. The molecule has 2 saturated heterocycles. The molecular formula is C33H38F3N5O3. The Balaban J connectivity index is 1.06. The van der Waals surface area contributed by atoms with Gasteiger partial charge >= 0.3 is 12.2 Å². The predicted octanol–water partition coefficient (Wildman–Crippen LogP) is 5.41. The SMILES string of the molecule is COc1ccc(CN2CCN(C(=O)Nc3ccc(C(=O)N4CCCN(Cc5ccc(C(F)(F)F)cc5)CC4)cc3)CC2)cc1. The number of ether oxygens (including phenoxy) is 1. The van der Waals surface area contributed by atoms with Crippen molar-refractivity contribution in [1.29, 1.82) is 0 Å². The van der Waals surface area contributed by atoms with E-state index in [0.717, 1.165) is 56.0 Å². The van der Waals surface area contributed by atoms with Crippen LogP contribution in [-0.4, -0.2) is 91.0 Å². The monoisotopic (exact) mass is 609 g/mol. The van der Waals surface area contributed by atoms with Crippen molar-refractivity contribution in [2.45, 2.75) is 25.7 Å². The number of rotatable bonds is 7. The molecular weight excluding hydrogens is 571 g/mol.